The van der Waals surface area contributed by atoms with Crippen LogP contribution in [0, 0.1) is 11.8 Å². The molecule has 300 valence electrons. The number of nitrogens with zero attached hydrogens (tertiary/aromatic N) is 5. The maximum absolute atomic E-state index is 13.6. The summed E-state index contributed by atoms with van der Waals surface area (Å²) in [5, 5.41) is 6.70. The molecule has 3 aromatic heterocycles. The summed E-state index contributed by atoms with van der Waals surface area (Å²) in [6.45, 7) is 10.3. The molecule has 0 spiro atoms. The summed E-state index contributed by atoms with van der Waals surface area (Å²) in [6, 6.07) is 17.9. The van der Waals surface area contributed by atoms with Gasteiger partial charge in [-0.05, 0) is 67.8 Å². The first-order valence-electron chi connectivity index (χ1n) is 19.9. The molecule has 4 atom stereocenters. The van der Waals surface area contributed by atoms with Crippen molar-refractivity contribution in [3.8, 4) is 33.8 Å². The number of methoxy groups -OCH3 is 2. The molecule has 0 saturated carbocycles. The van der Waals surface area contributed by atoms with Crippen LogP contribution in [0.25, 0.3) is 44.7 Å². The van der Waals surface area contributed by atoms with Crippen LogP contribution in [-0.2, 0) is 14.3 Å². The van der Waals surface area contributed by atoms with Gasteiger partial charge in [-0.15, -0.1) is 0 Å². The fourth-order valence-corrected chi connectivity index (χ4v) is 8.01. The first-order chi connectivity index (χ1) is 27.5. The third kappa shape index (κ3) is 8.65. The SMILES string of the molecule is COC(=O)NC(CN1CCCC1c1ncc(-c2ccc(-c3ccc4cc(-c5cnc(C6CCCN6C(=O)C(NC(=O)OC)C(C)C)[nH]5)ccc4n3)cc2)[nH]1)C(C)C. The van der Waals surface area contributed by atoms with Crippen molar-refractivity contribution in [1.82, 2.24) is 45.4 Å². The fraction of sp³-hybridized carbons (Fsp3) is 0.442. The van der Waals surface area contributed by atoms with Gasteiger partial charge in [0.05, 0.1) is 61.3 Å². The number of aromatic nitrogens is 5. The second kappa shape index (κ2) is 17.2. The van der Waals surface area contributed by atoms with Crippen molar-refractivity contribution in [1.29, 1.82) is 0 Å². The van der Waals surface area contributed by atoms with Crippen molar-refractivity contribution >= 4 is 29.0 Å². The molecule has 2 aliphatic rings. The van der Waals surface area contributed by atoms with Gasteiger partial charge in [-0.1, -0.05) is 64.1 Å². The average molecular weight is 776 g/mol. The van der Waals surface area contributed by atoms with Crippen LogP contribution >= 0.6 is 0 Å². The number of hydrogen-bond acceptors (Lipinski definition) is 9. The molecule has 3 amide bonds. The topological polar surface area (TPSA) is 170 Å². The number of benzene rings is 2. The van der Waals surface area contributed by atoms with E-state index in [9.17, 15) is 14.4 Å². The van der Waals surface area contributed by atoms with E-state index in [2.05, 4.69) is 75.7 Å². The number of nitrogens with one attached hydrogen (secondary N) is 4. The van der Waals surface area contributed by atoms with Crippen LogP contribution in [0.5, 0.6) is 0 Å². The van der Waals surface area contributed by atoms with Crippen LogP contribution in [0.15, 0.2) is 67.0 Å². The van der Waals surface area contributed by atoms with Gasteiger partial charge in [0.25, 0.3) is 0 Å². The minimum atomic E-state index is -0.685. The van der Waals surface area contributed by atoms with Crippen molar-refractivity contribution in [3.63, 3.8) is 0 Å². The minimum absolute atomic E-state index is 0.0213. The summed E-state index contributed by atoms with van der Waals surface area (Å²) >= 11 is 0. The van der Waals surface area contributed by atoms with E-state index >= 15 is 0 Å². The zero-order chi connectivity index (χ0) is 40.2. The van der Waals surface area contributed by atoms with E-state index in [1.807, 2.05) is 49.3 Å². The summed E-state index contributed by atoms with van der Waals surface area (Å²) in [6.07, 6.45) is 6.41. The number of rotatable bonds is 12. The molecule has 14 nitrogen and oxygen atoms in total. The number of carbonyl (C=O) groups is 3. The van der Waals surface area contributed by atoms with Gasteiger partial charge in [0.15, 0.2) is 0 Å². The molecule has 0 aliphatic carbocycles. The van der Waals surface area contributed by atoms with Crippen molar-refractivity contribution in [2.45, 2.75) is 77.5 Å². The van der Waals surface area contributed by atoms with E-state index in [1.54, 1.807) is 0 Å². The summed E-state index contributed by atoms with van der Waals surface area (Å²) in [5.41, 5.74) is 6.61. The molecule has 4 unspecified atom stereocenters. The number of ether oxygens (including phenoxy) is 2. The molecule has 4 N–H and O–H groups in total. The van der Waals surface area contributed by atoms with Crippen LogP contribution in [0.1, 0.15) is 77.1 Å². The number of alkyl carbamates (subject to hydrolysis) is 2. The van der Waals surface area contributed by atoms with E-state index in [0.29, 0.717) is 6.54 Å². The smallest absolute Gasteiger partial charge is 0.407 e. The summed E-state index contributed by atoms with van der Waals surface area (Å²) in [7, 11) is 2.69. The summed E-state index contributed by atoms with van der Waals surface area (Å²) in [4.78, 5) is 63.2. The molecule has 0 radical (unpaired) electrons. The standard InChI is InChI=1S/C43H53N9O5/c1-25(2)35(49-42(54)56-5)24-51-19-7-9-36(51)39-44-22-33(47-39)28-13-11-27(12-14-28)31-17-15-29-21-30(16-18-32(29)46-31)34-23-45-40(48-34)37-10-8-20-52(37)41(53)38(26(3)4)50-43(55)57-6/h11-18,21-23,25-26,35-38H,7-10,19-20,24H2,1-6H3,(H,44,47)(H,45,48)(H,49,54)(H,50,55). The number of carbonyl (C=O) groups excluding carboxylic acids is 3. The second-order valence-corrected chi connectivity index (χ2v) is 15.7. The van der Waals surface area contributed by atoms with Crippen LogP contribution in [-0.4, -0.2) is 98.8 Å². The molecular weight excluding hydrogens is 723 g/mol. The van der Waals surface area contributed by atoms with Crippen molar-refractivity contribution in [2.75, 3.05) is 33.9 Å². The fourth-order valence-electron chi connectivity index (χ4n) is 8.01. The minimum Gasteiger partial charge on any atom is -0.453 e. The maximum atomic E-state index is 13.6. The lowest BCUT2D eigenvalue weighted by Gasteiger charge is -2.30. The zero-order valence-corrected chi connectivity index (χ0v) is 33.5. The normalized spacial score (nSPS) is 18.3. The van der Waals surface area contributed by atoms with E-state index in [0.717, 1.165) is 95.1 Å². The van der Waals surface area contributed by atoms with Gasteiger partial charge in [0.2, 0.25) is 5.91 Å². The highest BCUT2D eigenvalue weighted by atomic mass is 16.5. The quantitative estimate of drug-likeness (QED) is 0.102. The third-order valence-corrected chi connectivity index (χ3v) is 11.3. The first kappa shape index (κ1) is 39.5. The molecular formula is C43H53N9O5. The van der Waals surface area contributed by atoms with Crippen molar-refractivity contribution in [3.05, 3.63) is 78.6 Å². The highest BCUT2D eigenvalue weighted by Gasteiger charge is 2.37. The Balaban J connectivity index is 1.02. The monoisotopic (exact) mass is 775 g/mol. The Hall–Kier alpha value is -5.76. The van der Waals surface area contributed by atoms with E-state index in [-0.39, 0.29) is 35.9 Å². The lowest BCUT2D eigenvalue weighted by molar-refractivity contribution is -0.135. The summed E-state index contributed by atoms with van der Waals surface area (Å²) in [5.74, 6) is 1.69. The number of aromatic amines is 2. The van der Waals surface area contributed by atoms with E-state index in [4.69, 9.17) is 24.4 Å². The summed E-state index contributed by atoms with van der Waals surface area (Å²) < 4.78 is 9.63. The van der Waals surface area contributed by atoms with Gasteiger partial charge < -0.3 is 35.0 Å². The Kier molecular flexibility index (Phi) is 11.9. The predicted molar refractivity (Wildman–Crippen MR) is 218 cm³/mol. The molecule has 0 bridgehead atoms. The van der Waals surface area contributed by atoms with E-state index < -0.39 is 18.2 Å². The number of hydrogen-bond donors (Lipinski definition) is 4. The highest BCUT2D eigenvalue weighted by Crippen LogP contribution is 2.35. The molecule has 2 fully saturated rings. The molecule has 2 aliphatic heterocycles. The lowest BCUT2D eigenvalue weighted by atomic mass is 10.0. The Bertz CT molecular complexity index is 2200. The van der Waals surface area contributed by atoms with Crippen LogP contribution in [0.2, 0.25) is 0 Å². The second-order valence-electron chi connectivity index (χ2n) is 15.7. The molecule has 2 aromatic carbocycles. The molecule has 7 rings (SSSR count). The molecule has 57 heavy (non-hydrogen) atoms. The van der Waals surface area contributed by atoms with Crippen LogP contribution < -0.4 is 10.6 Å². The van der Waals surface area contributed by atoms with Gasteiger partial charge in [0.1, 0.15) is 17.7 Å². The Morgan fingerprint density at radius 1 is 0.754 bits per heavy atom. The van der Waals surface area contributed by atoms with Gasteiger partial charge in [-0.3, -0.25) is 9.69 Å². The van der Waals surface area contributed by atoms with Crippen LogP contribution in [0.4, 0.5) is 9.59 Å². The lowest BCUT2D eigenvalue weighted by Crippen LogP contribution is -2.51. The van der Waals surface area contributed by atoms with Gasteiger partial charge >= 0.3 is 12.2 Å². The largest absolute Gasteiger partial charge is 0.453 e. The average Bonchev–Trinajstić information content (AvgIpc) is 4.06. The van der Waals surface area contributed by atoms with Gasteiger partial charge in [-0.25, -0.2) is 24.5 Å². The zero-order valence-electron chi connectivity index (χ0n) is 33.5. The van der Waals surface area contributed by atoms with Crippen molar-refractivity contribution in [2.24, 2.45) is 11.8 Å². The first-order valence-corrected chi connectivity index (χ1v) is 19.9. The van der Waals surface area contributed by atoms with Crippen molar-refractivity contribution < 1.29 is 23.9 Å². The number of fused-ring (bicyclic) bond motifs is 1. The number of pyridine rings is 1. The van der Waals surface area contributed by atoms with Gasteiger partial charge in [-0.2, -0.15) is 0 Å². The van der Waals surface area contributed by atoms with Gasteiger partial charge in [0, 0.05) is 35.6 Å². The third-order valence-electron chi connectivity index (χ3n) is 11.3. The Morgan fingerprint density at radius 2 is 1.37 bits per heavy atom. The molecule has 5 aromatic rings. The van der Waals surface area contributed by atoms with E-state index in [1.165, 1.54) is 14.2 Å². The predicted octanol–water partition coefficient (Wildman–Crippen LogP) is 7.24. The molecule has 2 saturated heterocycles. The Labute approximate surface area is 333 Å². The number of amides is 3. The molecule has 14 heteroatoms. The van der Waals surface area contributed by atoms with Crippen LogP contribution in [0.3, 0.4) is 0 Å². The highest BCUT2D eigenvalue weighted by molar-refractivity contribution is 5.87. The number of likely N-dealkylation sites (tertiary alicyclic amines) is 2. The number of H-pyrrole nitrogens is 2. The Morgan fingerprint density at radius 3 is 2.05 bits per heavy atom. The molecule has 5 heterocycles. The maximum Gasteiger partial charge on any atom is 0.407 e. The number of imidazole rings is 2.